The molecule has 2 aliphatic rings. The van der Waals surface area contributed by atoms with Gasteiger partial charge in [-0.2, -0.15) is 0 Å². The van der Waals surface area contributed by atoms with E-state index in [9.17, 15) is 5.11 Å². The highest BCUT2D eigenvalue weighted by molar-refractivity contribution is 5.44. The number of likely N-dealkylation sites (tertiary alicyclic amines) is 1. The van der Waals surface area contributed by atoms with Gasteiger partial charge in [-0.1, -0.05) is 25.1 Å². The first-order chi connectivity index (χ1) is 9.16. The molecule has 1 fully saturated rings. The minimum absolute atomic E-state index is 0.108. The topological polar surface area (TPSA) is 32.7 Å². The lowest BCUT2D eigenvalue weighted by Crippen LogP contribution is -2.49. The van der Waals surface area contributed by atoms with Crippen LogP contribution in [0.15, 0.2) is 18.2 Å². The van der Waals surface area contributed by atoms with Crippen LogP contribution in [-0.4, -0.2) is 35.7 Å². The van der Waals surface area contributed by atoms with E-state index in [4.69, 9.17) is 4.74 Å². The van der Waals surface area contributed by atoms with Gasteiger partial charge in [0.2, 0.25) is 0 Å². The Bertz CT molecular complexity index is 460. The second-order valence-corrected chi connectivity index (χ2v) is 6.06. The van der Waals surface area contributed by atoms with Crippen LogP contribution >= 0.6 is 0 Å². The van der Waals surface area contributed by atoms with Crippen molar-refractivity contribution in [1.29, 1.82) is 0 Å². The van der Waals surface area contributed by atoms with E-state index in [1.807, 2.05) is 25.1 Å². The summed E-state index contributed by atoms with van der Waals surface area (Å²) >= 11 is 0. The number of aliphatic hydroxyl groups is 1. The number of piperidine rings is 1. The van der Waals surface area contributed by atoms with Crippen molar-refractivity contribution in [2.45, 2.75) is 38.8 Å². The molecule has 0 aromatic heterocycles. The SMILES string of the molecule is Cc1cccc2c1OCC(N1CCCC(C)C1)C2O. The fourth-order valence-electron chi connectivity index (χ4n) is 3.40. The molecule has 2 heterocycles. The Kier molecular flexibility index (Phi) is 3.50. The van der Waals surface area contributed by atoms with Crippen LogP contribution in [0.2, 0.25) is 0 Å². The first-order valence-corrected chi connectivity index (χ1v) is 7.31. The number of benzene rings is 1. The number of rotatable bonds is 1. The van der Waals surface area contributed by atoms with Crippen molar-refractivity contribution in [2.24, 2.45) is 5.92 Å². The number of fused-ring (bicyclic) bond motifs is 1. The fraction of sp³-hybridized carbons (Fsp3) is 0.625. The number of para-hydroxylation sites is 1. The van der Waals surface area contributed by atoms with Crippen molar-refractivity contribution >= 4 is 0 Å². The third-order valence-electron chi connectivity index (χ3n) is 4.48. The lowest BCUT2D eigenvalue weighted by Gasteiger charge is -2.42. The molecule has 3 nitrogen and oxygen atoms in total. The van der Waals surface area contributed by atoms with Gasteiger partial charge in [-0.05, 0) is 37.8 Å². The van der Waals surface area contributed by atoms with Gasteiger partial charge in [-0.25, -0.2) is 0 Å². The molecule has 3 rings (SSSR count). The minimum Gasteiger partial charge on any atom is -0.491 e. The normalized spacial score (nSPS) is 31.6. The Balaban J connectivity index is 1.83. The summed E-state index contributed by atoms with van der Waals surface area (Å²) in [7, 11) is 0. The van der Waals surface area contributed by atoms with Gasteiger partial charge in [0, 0.05) is 12.1 Å². The zero-order chi connectivity index (χ0) is 13.4. The zero-order valence-corrected chi connectivity index (χ0v) is 11.8. The summed E-state index contributed by atoms with van der Waals surface area (Å²) in [6, 6.07) is 6.14. The average molecular weight is 261 g/mol. The average Bonchev–Trinajstić information content (AvgIpc) is 2.40. The van der Waals surface area contributed by atoms with Gasteiger partial charge in [-0.15, -0.1) is 0 Å². The molecule has 1 aromatic rings. The maximum absolute atomic E-state index is 10.7. The molecule has 0 bridgehead atoms. The molecular formula is C16H23NO2. The molecule has 0 spiro atoms. The Labute approximate surface area is 115 Å². The standard InChI is InChI=1S/C16H23NO2/c1-11-5-4-8-17(9-11)14-10-19-16-12(2)6-3-7-13(16)15(14)18/h3,6-7,11,14-15,18H,4-5,8-10H2,1-2H3. The first-order valence-electron chi connectivity index (χ1n) is 7.31. The van der Waals surface area contributed by atoms with Crippen molar-refractivity contribution in [3.8, 4) is 5.75 Å². The van der Waals surface area contributed by atoms with Crippen LogP contribution in [0.3, 0.4) is 0 Å². The summed E-state index contributed by atoms with van der Waals surface area (Å²) in [6.07, 6.45) is 2.11. The molecule has 1 saturated heterocycles. The van der Waals surface area contributed by atoms with E-state index < -0.39 is 6.10 Å². The minimum atomic E-state index is -0.422. The maximum Gasteiger partial charge on any atom is 0.128 e. The second-order valence-electron chi connectivity index (χ2n) is 6.06. The highest BCUT2D eigenvalue weighted by atomic mass is 16.5. The molecule has 3 atom stereocenters. The Hall–Kier alpha value is -1.06. The molecule has 1 aromatic carbocycles. The molecule has 3 unspecified atom stereocenters. The van der Waals surface area contributed by atoms with Crippen molar-refractivity contribution in [1.82, 2.24) is 4.90 Å². The molecule has 104 valence electrons. The summed E-state index contributed by atoms with van der Waals surface area (Å²) in [5.41, 5.74) is 2.07. The number of ether oxygens (including phenoxy) is 1. The fourth-order valence-corrected chi connectivity index (χ4v) is 3.40. The predicted octanol–water partition coefficient (Wildman–Crippen LogP) is 2.52. The molecule has 0 amide bonds. The number of hydrogen-bond donors (Lipinski definition) is 1. The summed E-state index contributed by atoms with van der Waals surface area (Å²) in [6.45, 7) is 7.09. The quantitative estimate of drug-likeness (QED) is 0.843. The van der Waals surface area contributed by atoms with Crippen LogP contribution < -0.4 is 4.74 Å². The van der Waals surface area contributed by atoms with Crippen LogP contribution in [0.25, 0.3) is 0 Å². The van der Waals surface area contributed by atoms with E-state index in [2.05, 4.69) is 11.8 Å². The van der Waals surface area contributed by atoms with Gasteiger partial charge in [0.15, 0.2) is 0 Å². The molecule has 2 aliphatic heterocycles. The lowest BCUT2D eigenvalue weighted by atomic mass is 9.92. The largest absolute Gasteiger partial charge is 0.491 e. The highest BCUT2D eigenvalue weighted by Crippen LogP contribution is 2.37. The molecule has 3 heteroatoms. The zero-order valence-electron chi connectivity index (χ0n) is 11.8. The number of nitrogens with zero attached hydrogens (tertiary/aromatic N) is 1. The third-order valence-corrected chi connectivity index (χ3v) is 4.48. The highest BCUT2D eigenvalue weighted by Gasteiger charge is 2.35. The van der Waals surface area contributed by atoms with Crippen LogP contribution in [0.5, 0.6) is 5.75 Å². The van der Waals surface area contributed by atoms with Gasteiger partial charge < -0.3 is 9.84 Å². The van der Waals surface area contributed by atoms with E-state index in [1.54, 1.807) is 0 Å². The smallest absolute Gasteiger partial charge is 0.128 e. The number of aryl methyl sites for hydroxylation is 1. The summed E-state index contributed by atoms with van der Waals surface area (Å²) < 4.78 is 5.92. The molecule has 0 radical (unpaired) electrons. The lowest BCUT2D eigenvalue weighted by molar-refractivity contribution is -0.0129. The van der Waals surface area contributed by atoms with Crippen LogP contribution in [-0.2, 0) is 0 Å². The monoisotopic (exact) mass is 261 g/mol. The Morgan fingerprint density at radius 3 is 3.00 bits per heavy atom. The van der Waals surface area contributed by atoms with Crippen LogP contribution in [0.4, 0.5) is 0 Å². The van der Waals surface area contributed by atoms with E-state index in [0.717, 1.165) is 35.9 Å². The van der Waals surface area contributed by atoms with Crippen molar-refractivity contribution < 1.29 is 9.84 Å². The van der Waals surface area contributed by atoms with E-state index in [1.165, 1.54) is 12.8 Å². The Morgan fingerprint density at radius 2 is 2.21 bits per heavy atom. The number of aliphatic hydroxyl groups excluding tert-OH is 1. The van der Waals surface area contributed by atoms with Crippen LogP contribution in [0.1, 0.15) is 37.0 Å². The summed E-state index contributed by atoms with van der Waals surface area (Å²) in [4.78, 5) is 2.41. The predicted molar refractivity (Wildman–Crippen MR) is 75.4 cm³/mol. The van der Waals surface area contributed by atoms with E-state index >= 15 is 0 Å². The molecular weight excluding hydrogens is 238 g/mol. The second kappa shape index (κ2) is 5.14. The molecule has 0 saturated carbocycles. The van der Waals surface area contributed by atoms with Gasteiger partial charge in [0.25, 0.3) is 0 Å². The first kappa shape index (κ1) is 12.9. The number of hydrogen-bond acceptors (Lipinski definition) is 3. The maximum atomic E-state index is 10.7. The molecule has 0 aliphatic carbocycles. The summed E-state index contributed by atoms with van der Waals surface area (Å²) in [5.74, 6) is 1.61. The van der Waals surface area contributed by atoms with Gasteiger partial charge in [0.1, 0.15) is 18.5 Å². The van der Waals surface area contributed by atoms with Crippen LogP contribution in [0, 0.1) is 12.8 Å². The van der Waals surface area contributed by atoms with Gasteiger partial charge in [0.05, 0.1) is 6.04 Å². The van der Waals surface area contributed by atoms with Gasteiger partial charge in [-0.3, -0.25) is 4.90 Å². The Morgan fingerprint density at radius 1 is 1.37 bits per heavy atom. The van der Waals surface area contributed by atoms with Gasteiger partial charge >= 0.3 is 0 Å². The summed E-state index contributed by atoms with van der Waals surface area (Å²) in [5, 5.41) is 10.7. The molecule has 19 heavy (non-hydrogen) atoms. The third kappa shape index (κ3) is 2.37. The van der Waals surface area contributed by atoms with Crippen molar-refractivity contribution in [3.63, 3.8) is 0 Å². The van der Waals surface area contributed by atoms with Crippen molar-refractivity contribution in [3.05, 3.63) is 29.3 Å². The van der Waals surface area contributed by atoms with E-state index in [-0.39, 0.29) is 6.04 Å². The van der Waals surface area contributed by atoms with Crippen molar-refractivity contribution in [2.75, 3.05) is 19.7 Å². The molecule has 1 N–H and O–H groups in total. The van der Waals surface area contributed by atoms with E-state index in [0.29, 0.717) is 6.61 Å².